The first-order chi connectivity index (χ1) is 31.0. The summed E-state index contributed by atoms with van der Waals surface area (Å²) in [5, 5.41) is 93.7. The molecule has 2 aromatic carbocycles. The van der Waals surface area contributed by atoms with Gasteiger partial charge >= 0.3 is 25.8 Å². The number of halogens is 7. The second kappa shape index (κ2) is 26.5. The molecule has 20 nitrogen and oxygen atoms in total. The van der Waals surface area contributed by atoms with Crippen molar-refractivity contribution in [3.8, 4) is 0 Å². The van der Waals surface area contributed by atoms with E-state index < -0.39 is 129 Å². The van der Waals surface area contributed by atoms with E-state index >= 15 is 0 Å². The van der Waals surface area contributed by atoms with E-state index in [1.807, 2.05) is 13.8 Å². The van der Waals surface area contributed by atoms with E-state index in [9.17, 15) is 70.3 Å². The second-order valence-electron chi connectivity index (χ2n) is 15.3. The van der Waals surface area contributed by atoms with Gasteiger partial charge in [-0.15, -0.1) is 9.55 Å². The largest absolute Gasteiger partial charge is 0.454 e. The van der Waals surface area contributed by atoms with Crippen LogP contribution >= 0.6 is 7.75 Å². The lowest BCUT2D eigenvalue weighted by Gasteiger charge is -2.41. The van der Waals surface area contributed by atoms with Gasteiger partial charge < -0.3 is 70.3 Å². The summed E-state index contributed by atoms with van der Waals surface area (Å²) in [6.45, 7) is 3.41. The third-order valence-corrected chi connectivity index (χ3v) is 10.8. The first kappa shape index (κ1) is 59.6. The quantitative estimate of drug-likeness (QED) is 0.0584. The highest BCUT2D eigenvalue weighted by molar-refractivity contribution is 7.49. The van der Waals surface area contributed by atoms with Gasteiger partial charge in [0.1, 0.15) is 48.3 Å². The minimum Gasteiger partial charge on any atom is -0.394 e. The van der Waals surface area contributed by atoms with Crippen molar-refractivity contribution in [2.75, 3.05) is 26.4 Å². The lowest BCUT2D eigenvalue weighted by Crippen LogP contribution is -2.46. The van der Waals surface area contributed by atoms with Gasteiger partial charge in [0, 0.05) is 6.54 Å². The van der Waals surface area contributed by atoms with Gasteiger partial charge in [-0.3, -0.25) is 9.88 Å². The molecule has 11 atom stereocenters. The van der Waals surface area contributed by atoms with Crippen LogP contribution in [-0.4, -0.2) is 162 Å². The van der Waals surface area contributed by atoms with E-state index in [0.717, 1.165) is 12.1 Å². The number of benzene rings is 2. The third kappa shape index (κ3) is 18.1. The number of aromatic amines is 1. The Bertz CT molecular complexity index is 1960. The molecule has 0 aliphatic carbocycles. The molecule has 0 radical (unpaired) electrons. The van der Waals surface area contributed by atoms with E-state index in [0.29, 0.717) is 43.4 Å². The minimum atomic E-state index is -5.07. The molecule has 4 rings (SSSR count). The van der Waals surface area contributed by atoms with E-state index in [1.165, 1.54) is 19.1 Å². The van der Waals surface area contributed by atoms with Crippen LogP contribution in [0.5, 0.6) is 0 Å². The number of rotatable bonds is 19. The maximum Gasteiger partial charge on any atom is 0.454 e. The number of hydrogen-bond donors (Lipinski definition) is 13. The van der Waals surface area contributed by atoms with Crippen molar-refractivity contribution < 1.29 is 106 Å². The van der Waals surface area contributed by atoms with Crippen LogP contribution in [0.2, 0.25) is 0 Å². The molecule has 2 heterocycles. The topological polar surface area (TPSA) is 332 Å². The molecule has 1 aliphatic heterocycles. The van der Waals surface area contributed by atoms with Crippen LogP contribution in [0.25, 0.3) is 0 Å². The number of aliphatic hydroxyl groups is 10. The molecule has 1 aromatic heterocycles. The molecule has 1 aliphatic rings. The number of nitrogens with one attached hydrogen (secondary N) is 1. The zero-order valence-corrected chi connectivity index (χ0v) is 37.1. The molecule has 0 unspecified atom stereocenters. The van der Waals surface area contributed by atoms with Crippen LogP contribution in [-0.2, 0) is 32.9 Å². The summed E-state index contributed by atoms with van der Waals surface area (Å²) in [6.07, 6.45) is -21.6. The number of H-pyrrole nitrogens is 1. The zero-order chi connectivity index (χ0) is 51.2. The SMILES string of the molecule is CCC[C@H](O)[C@@H](O)[C@H](O)[C@H](O)CO.CCC[C@H](O)[C@@H](O)[C@H](O)[C@H](O)CO.C[C@@H](O[C@H]1OCCN(Cc2nn(P(=O)(O)O)c(=O)[nH]2)[C@H]1c1ccc(F)cc1)c1cc(C(F)(F)F)cc(C(F)(F)F)c1. The monoisotopic (exact) mass is 1000 g/mol. The van der Waals surface area contributed by atoms with Crippen LogP contribution < -0.4 is 5.69 Å². The van der Waals surface area contributed by atoms with Gasteiger partial charge in [-0.1, -0.05) is 38.8 Å². The molecule has 0 amide bonds. The fourth-order valence-corrected chi connectivity index (χ4v) is 6.87. The van der Waals surface area contributed by atoms with Crippen molar-refractivity contribution in [3.63, 3.8) is 0 Å². The van der Waals surface area contributed by atoms with E-state index in [-0.39, 0.29) is 36.0 Å². The smallest absolute Gasteiger partial charge is 0.394 e. The lowest BCUT2D eigenvalue weighted by atomic mass is 10.0. The van der Waals surface area contributed by atoms with Crippen molar-refractivity contribution in [1.29, 1.82) is 0 Å². The van der Waals surface area contributed by atoms with Gasteiger partial charge in [-0.05, 0) is 61.2 Å². The van der Waals surface area contributed by atoms with E-state index in [4.69, 9.17) is 40.1 Å². The van der Waals surface area contributed by atoms with Gasteiger partial charge in [0.15, 0.2) is 6.29 Å². The van der Waals surface area contributed by atoms with Gasteiger partial charge in [-0.2, -0.15) is 26.3 Å². The van der Waals surface area contributed by atoms with E-state index in [2.05, 4.69) is 10.1 Å². The Morgan fingerprint density at radius 3 is 1.63 bits per heavy atom. The molecule has 67 heavy (non-hydrogen) atoms. The molecule has 0 bridgehead atoms. The summed E-state index contributed by atoms with van der Waals surface area (Å²) in [6, 6.07) is 5.01. The van der Waals surface area contributed by atoms with Crippen molar-refractivity contribution in [2.45, 2.75) is 133 Å². The average Bonchev–Trinajstić information content (AvgIpc) is 3.65. The summed E-state index contributed by atoms with van der Waals surface area (Å²) in [5.41, 5.74) is -4.31. The number of morpholine rings is 1. The molecule has 1 fully saturated rings. The van der Waals surface area contributed by atoms with Gasteiger partial charge in [0.2, 0.25) is 0 Å². The van der Waals surface area contributed by atoms with Crippen molar-refractivity contribution in [3.05, 3.63) is 86.8 Å². The Labute approximate surface area is 378 Å². The molecule has 28 heteroatoms. The number of nitrogens with zero attached hydrogens (tertiary/aromatic N) is 3. The van der Waals surface area contributed by atoms with Crippen LogP contribution in [0.1, 0.15) is 86.7 Å². The van der Waals surface area contributed by atoms with Crippen molar-refractivity contribution in [2.24, 2.45) is 0 Å². The van der Waals surface area contributed by atoms with Crippen LogP contribution in [0.15, 0.2) is 47.3 Å². The number of hydrogen-bond acceptors (Lipinski definition) is 16. The highest BCUT2D eigenvalue weighted by Gasteiger charge is 2.40. The maximum atomic E-state index is 13.7. The Morgan fingerprint density at radius 2 is 1.24 bits per heavy atom. The zero-order valence-electron chi connectivity index (χ0n) is 36.2. The van der Waals surface area contributed by atoms with Crippen molar-refractivity contribution >= 4 is 7.75 Å². The normalized spacial score (nSPS) is 20.2. The summed E-state index contributed by atoms with van der Waals surface area (Å²) in [5.74, 6) is -0.775. The second-order valence-corrected chi connectivity index (χ2v) is 16.7. The Balaban J connectivity index is 0.000000484. The molecule has 13 N–H and O–H groups in total. The summed E-state index contributed by atoms with van der Waals surface area (Å²) in [4.78, 5) is 34.3. The summed E-state index contributed by atoms with van der Waals surface area (Å²) in [7, 11) is -5.07. The van der Waals surface area contributed by atoms with Crippen LogP contribution in [0.3, 0.4) is 0 Å². The molecular formula is C39H58F7N4O16P. The Morgan fingerprint density at radius 1 is 0.791 bits per heavy atom. The first-order valence-corrected chi connectivity index (χ1v) is 22.0. The highest BCUT2D eigenvalue weighted by Crippen LogP contribution is 2.40. The van der Waals surface area contributed by atoms with Gasteiger partial charge in [0.25, 0.3) is 0 Å². The molecule has 384 valence electrons. The predicted molar refractivity (Wildman–Crippen MR) is 218 cm³/mol. The van der Waals surface area contributed by atoms with E-state index in [1.54, 1.807) is 4.90 Å². The highest BCUT2D eigenvalue weighted by atomic mass is 31.2. The fraction of sp³-hybridized carbons (Fsp3) is 0.641. The molecular weight excluding hydrogens is 944 g/mol. The minimum absolute atomic E-state index is 0.00603. The molecule has 0 spiro atoms. The summed E-state index contributed by atoms with van der Waals surface area (Å²) >= 11 is 0. The van der Waals surface area contributed by atoms with Gasteiger partial charge in [0.05, 0.1) is 61.8 Å². The summed E-state index contributed by atoms with van der Waals surface area (Å²) < 4.78 is 117. The lowest BCUT2D eigenvalue weighted by molar-refractivity contribution is -0.231. The van der Waals surface area contributed by atoms with Gasteiger partial charge in [-0.25, -0.2) is 13.8 Å². The number of ether oxygens (including phenoxy) is 2. The average molecular weight is 1000 g/mol. The Hall–Kier alpha value is -3.48. The molecule has 1 saturated heterocycles. The first-order valence-electron chi connectivity index (χ1n) is 20.5. The molecule has 3 aromatic rings. The standard InChI is InChI=1S/C23H22F7N4O6P.2C8H18O5/c1-12(14-8-15(22(25,26)27)10-16(9-14)23(28,29)30)40-20-19(13-2-4-17(24)5-3-13)33(6-7-39-20)11-18-31-21(35)34(32-18)41(36,37)38;2*1-2-3-5(10)7(12)8(13)6(11)4-9/h2-5,8-10,12,19-20H,6-7,11H2,1H3,(H,31,32,35)(H2,36,37,38);2*5-13H,2-4H2,1H3/t12-,19+,20-;2*5-,6+,7+,8+/m100/s1. The fourth-order valence-electron chi connectivity index (χ4n) is 6.36. The number of aromatic nitrogens is 3. The molecule has 0 saturated carbocycles. The van der Waals surface area contributed by atoms with Crippen LogP contribution in [0.4, 0.5) is 30.7 Å². The number of aliphatic hydroxyl groups excluding tert-OH is 10. The predicted octanol–water partition coefficient (Wildman–Crippen LogP) is 0.811. The third-order valence-electron chi connectivity index (χ3n) is 10.0. The number of alkyl halides is 6. The Kier molecular flexibility index (Phi) is 23.6. The van der Waals surface area contributed by atoms with Crippen LogP contribution in [0, 0.1) is 5.82 Å². The van der Waals surface area contributed by atoms with Crippen molar-refractivity contribution in [1.82, 2.24) is 19.4 Å². The maximum absolute atomic E-state index is 13.7.